The maximum Gasteiger partial charge on any atom is 0.317 e. The third-order valence-corrected chi connectivity index (χ3v) is 3.97. The summed E-state index contributed by atoms with van der Waals surface area (Å²) in [5, 5.41) is 14.6. The van der Waals surface area contributed by atoms with Crippen LogP contribution in [0.15, 0.2) is 0 Å². The number of hydrogen-bond acceptors (Lipinski definition) is 3. The molecule has 0 saturated carbocycles. The van der Waals surface area contributed by atoms with Crippen LogP contribution in [0.2, 0.25) is 0 Å². The highest BCUT2D eigenvalue weighted by Gasteiger charge is 2.42. The fourth-order valence-electron chi connectivity index (χ4n) is 2.51. The standard InChI is InChI=1S/C14H25N3O4/c1-3-7-15-11(18)9-16-13(21)17-8-5-6-14(4-2,10-17)12(19)20/h3-10H2,1-2H3,(H,15,18)(H,16,21)(H,19,20). The monoisotopic (exact) mass is 299 g/mol. The Bertz CT molecular complexity index is 400. The lowest BCUT2D eigenvalue weighted by molar-refractivity contribution is -0.152. The van der Waals surface area contributed by atoms with Gasteiger partial charge in [0.05, 0.1) is 12.0 Å². The van der Waals surface area contributed by atoms with E-state index in [2.05, 4.69) is 10.6 Å². The van der Waals surface area contributed by atoms with Gasteiger partial charge in [0, 0.05) is 19.6 Å². The summed E-state index contributed by atoms with van der Waals surface area (Å²) >= 11 is 0. The average Bonchev–Trinajstić information content (AvgIpc) is 2.50. The van der Waals surface area contributed by atoms with Crippen molar-refractivity contribution in [3.8, 4) is 0 Å². The van der Waals surface area contributed by atoms with Crippen molar-refractivity contribution in [3.05, 3.63) is 0 Å². The van der Waals surface area contributed by atoms with Crippen molar-refractivity contribution < 1.29 is 19.5 Å². The lowest BCUT2D eigenvalue weighted by Crippen LogP contribution is -2.53. The Labute approximate surface area is 125 Å². The van der Waals surface area contributed by atoms with Crippen LogP contribution in [-0.2, 0) is 9.59 Å². The molecule has 7 nitrogen and oxygen atoms in total. The summed E-state index contributed by atoms with van der Waals surface area (Å²) in [5.74, 6) is -1.09. The Balaban J connectivity index is 2.50. The van der Waals surface area contributed by atoms with Crippen molar-refractivity contribution in [1.29, 1.82) is 0 Å². The van der Waals surface area contributed by atoms with Crippen LogP contribution in [0.3, 0.4) is 0 Å². The number of carboxylic acid groups (broad SMARTS) is 1. The zero-order chi connectivity index (χ0) is 15.9. The quantitative estimate of drug-likeness (QED) is 0.675. The molecule has 1 fully saturated rings. The molecule has 1 aliphatic heterocycles. The molecule has 0 spiro atoms. The van der Waals surface area contributed by atoms with Crippen molar-refractivity contribution in [2.75, 3.05) is 26.2 Å². The molecule has 0 aromatic heterocycles. The Hall–Kier alpha value is -1.79. The first-order valence-corrected chi connectivity index (χ1v) is 7.48. The Morgan fingerprint density at radius 2 is 1.95 bits per heavy atom. The van der Waals surface area contributed by atoms with Gasteiger partial charge in [-0.1, -0.05) is 13.8 Å². The first-order chi connectivity index (χ1) is 9.95. The van der Waals surface area contributed by atoms with Gasteiger partial charge in [-0.15, -0.1) is 0 Å². The Morgan fingerprint density at radius 3 is 2.52 bits per heavy atom. The number of carbonyl (C=O) groups excluding carboxylic acids is 2. The largest absolute Gasteiger partial charge is 0.481 e. The molecule has 1 rings (SSSR count). The molecule has 0 aromatic carbocycles. The van der Waals surface area contributed by atoms with Crippen LogP contribution >= 0.6 is 0 Å². The molecule has 1 heterocycles. The van der Waals surface area contributed by atoms with Gasteiger partial charge in [-0.3, -0.25) is 9.59 Å². The number of carboxylic acids is 1. The summed E-state index contributed by atoms with van der Waals surface area (Å²) in [7, 11) is 0. The van der Waals surface area contributed by atoms with E-state index in [1.54, 1.807) is 0 Å². The van der Waals surface area contributed by atoms with E-state index in [9.17, 15) is 19.5 Å². The van der Waals surface area contributed by atoms with Crippen LogP contribution in [0.25, 0.3) is 0 Å². The zero-order valence-corrected chi connectivity index (χ0v) is 12.8. The maximum atomic E-state index is 12.0. The van der Waals surface area contributed by atoms with E-state index in [1.165, 1.54) is 4.90 Å². The smallest absolute Gasteiger partial charge is 0.317 e. The molecule has 1 unspecified atom stereocenters. The van der Waals surface area contributed by atoms with Crippen molar-refractivity contribution in [2.24, 2.45) is 5.41 Å². The van der Waals surface area contributed by atoms with E-state index >= 15 is 0 Å². The topological polar surface area (TPSA) is 98.7 Å². The molecule has 21 heavy (non-hydrogen) atoms. The van der Waals surface area contributed by atoms with E-state index in [0.717, 1.165) is 6.42 Å². The van der Waals surface area contributed by atoms with Gasteiger partial charge < -0.3 is 20.6 Å². The second kappa shape index (κ2) is 7.85. The van der Waals surface area contributed by atoms with Gasteiger partial charge in [0.1, 0.15) is 0 Å². The number of piperidine rings is 1. The van der Waals surface area contributed by atoms with Crippen LogP contribution in [0, 0.1) is 5.41 Å². The lowest BCUT2D eigenvalue weighted by atomic mass is 9.78. The number of hydrogen-bond donors (Lipinski definition) is 3. The van der Waals surface area contributed by atoms with E-state index in [4.69, 9.17) is 0 Å². The third-order valence-electron chi connectivity index (χ3n) is 3.97. The number of likely N-dealkylation sites (tertiary alicyclic amines) is 1. The average molecular weight is 299 g/mol. The molecule has 7 heteroatoms. The summed E-state index contributed by atoms with van der Waals surface area (Å²) in [6, 6.07) is -0.375. The van der Waals surface area contributed by atoms with Gasteiger partial charge in [-0.05, 0) is 25.7 Å². The van der Waals surface area contributed by atoms with Gasteiger partial charge in [0.2, 0.25) is 5.91 Å². The molecule has 0 aromatic rings. The Kier molecular flexibility index (Phi) is 6.45. The van der Waals surface area contributed by atoms with E-state index in [1.807, 2.05) is 13.8 Å². The molecule has 3 N–H and O–H groups in total. The SMILES string of the molecule is CCCNC(=O)CNC(=O)N1CCCC(CC)(C(=O)O)C1. The number of nitrogens with zero attached hydrogens (tertiary/aromatic N) is 1. The summed E-state index contributed by atoms with van der Waals surface area (Å²) in [6.45, 7) is 4.99. The first-order valence-electron chi connectivity index (χ1n) is 7.48. The third kappa shape index (κ3) is 4.61. The van der Waals surface area contributed by atoms with Crippen LogP contribution in [0.1, 0.15) is 39.5 Å². The summed E-state index contributed by atoms with van der Waals surface area (Å²) in [4.78, 5) is 36.4. The van der Waals surface area contributed by atoms with Gasteiger partial charge in [-0.25, -0.2) is 4.79 Å². The highest BCUT2D eigenvalue weighted by Crippen LogP contribution is 2.33. The molecule has 3 amide bonds. The molecule has 120 valence electrons. The summed E-state index contributed by atoms with van der Waals surface area (Å²) < 4.78 is 0. The number of urea groups is 1. The fourth-order valence-corrected chi connectivity index (χ4v) is 2.51. The van der Waals surface area contributed by atoms with Crippen LogP contribution in [-0.4, -0.2) is 54.1 Å². The molecule has 1 atom stereocenters. The predicted molar refractivity (Wildman–Crippen MR) is 77.9 cm³/mol. The predicted octanol–water partition coefficient (Wildman–Crippen LogP) is 0.799. The molecular weight excluding hydrogens is 274 g/mol. The number of nitrogens with one attached hydrogen (secondary N) is 2. The van der Waals surface area contributed by atoms with Gasteiger partial charge in [0.15, 0.2) is 0 Å². The second-order valence-corrected chi connectivity index (χ2v) is 5.47. The summed E-state index contributed by atoms with van der Waals surface area (Å²) in [6.07, 6.45) is 2.57. The molecule has 1 saturated heterocycles. The normalized spacial score (nSPS) is 21.7. The fraction of sp³-hybridized carbons (Fsp3) is 0.786. The minimum atomic E-state index is -0.861. The van der Waals surface area contributed by atoms with Crippen LogP contribution in [0.4, 0.5) is 4.79 Å². The van der Waals surface area contributed by atoms with Crippen LogP contribution in [0.5, 0.6) is 0 Å². The van der Waals surface area contributed by atoms with Crippen molar-refractivity contribution in [2.45, 2.75) is 39.5 Å². The van der Waals surface area contributed by atoms with Crippen LogP contribution < -0.4 is 10.6 Å². The molecule has 0 aliphatic carbocycles. The second-order valence-electron chi connectivity index (χ2n) is 5.47. The first kappa shape index (κ1) is 17.3. The molecular formula is C14H25N3O4. The number of aliphatic carboxylic acids is 1. The zero-order valence-electron chi connectivity index (χ0n) is 12.8. The maximum absolute atomic E-state index is 12.0. The molecule has 1 aliphatic rings. The number of carbonyl (C=O) groups is 3. The van der Waals surface area contributed by atoms with E-state index in [0.29, 0.717) is 32.4 Å². The Morgan fingerprint density at radius 1 is 1.24 bits per heavy atom. The van der Waals surface area contributed by atoms with Gasteiger partial charge in [-0.2, -0.15) is 0 Å². The van der Waals surface area contributed by atoms with Gasteiger partial charge >= 0.3 is 12.0 Å². The molecule has 0 bridgehead atoms. The highest BCUT2D eigenvalue weighted by molar-refractivity contribution is 5.84. The van der Waals surface area contributed by atoms with Crippen molar-refractivity contribution in [1.82, 2.24) is 15.5 Å². The lowest BCUT2D eigenvalue weighted by Gasteiger charge is -2.39. The van der Waals surface area contributed by atoms with Gasteiger partial charge in [0.25, 0.3) is 0 Å². The van der Waals surface area contributed by atoms with Crippen molar-refractivity contribution in [3.63, 3.8) is 0 Å². The van der Waals surface area contributed by atoms with E-state index < -0.39 is 11.4 Å². The summed E-state index contributed by atoms with van der Waals surface area (Å²) in [5.41, 5.74) is -0.861. The van der Waals surface area contributed by atoms with Crippen molar-refractivity contribution >= 4 is 17.9 Å². The number of amides is 3. The minimum absolute atomic E-state index is 0.0818. The minimum Gasteiger partial charge on any atom is -0.481 e. The number of rotatable bonds is 6. The highest BCUT2D eigenvalue weighted by atomic mass is 16.4. The molecule has 0 radical (unpaired) electrons. The van der Waals surface area contributed by atoms with E-state index in [-0.39, 0.29) is 25.0 Å².